The molecule has 2 aliphatic rings. The normalized spacial score (nSPS) is 17.8. The third-order valence-corrected chi connectivity index (χ3v) is 7.48. The first kappa shape index (κ1) is 25.4. The van der Waals surface area contributed by atoms with E-state index in [0.29, 0.717) is 39.5 Å². The summed E-state index contributed by atoms with van der Waals surface area (Å²) in [4.78, 5) is 47.7. The van der Waals surface area contributed by atoms with Crippen LogP contribution < -0.4 is 24.5 Å². The van der Waals surface area contributed by atoms with E-state index in [0.717, 1.165) is 17.0 Å². The molecule has 0 aliphatic carbocycles. The summed E-state index contributed by atoms with van der Waals surface area (Å²) in [7, 11) is 1.55. The summed E-state index contributed by atoms with van der Waals surface area (Å²) in [5, 5.41) is 0. The average molecular weight is 530 g/mol. The standard InChI is InChI=1S/C29H27N3O5S/c1-6-14-31-21-13-8-7-12-20(21)23(26(31)33)25-27(34)32-24(18-10-9-11-19(15-18)36-5)22(28(35)37-16(2)3)17(4)30-29(32)38-25/h6-13,15-16,24H,1,14H2,2-5H3/b25-23-/t24-/m1/s1. The molecule has 3 aromatic rings. The molecule has 0 spiro atoms. The number of esters is 1. The molecule has 0 bridgehead atoms. The highest BCUT2D eigenvalue weighted by Gasteiger charge is 2.37. The minimum absolute atomic E-state index is 0.266. The van der Waals surface area contributed by atoms with Crippen molar-refractivity contribution in [3.05, 3.63) is 103 Å². The van der Waals surface area contributed by atoms with Crippen LogP contribution in [0.1, 0.15) is 37.9 Å². The van der Waals surface area contributed by atoms with Crippen LogP contribution in [-0.4, -0.2) is 36.2 Å². The van der Waals surface area contributed by atoms with Crippen LogP contribution in [0.2, 0.25) is 0 Å². The number of methoxy groups -OCH3 is 1. The molecule has 0 unspecified atom stereocenters. The number of carbonyl (C=O) groups excluding carboxylic acids is 2. The Morgan fingerprint density at radius 3 is 2.66 bits per heavy atom. The minimum Gasteiger partial charge on any atom is -0.497 e. The Bertz CT molecular complexity index is 1700. The Labute approximate surface area is 223 Å². The zero-order valence-corrected chi connectivity index (χ0v) is 22.4. The Morgan fingerprint density at radius 1 is 1.18 bits per heavy atom. The summed E-state index contributed by atoms with van der Waals surface area (Å²) in [6.45, 7) is 9.35. The lowest BCUT2D eigenvalue weighted by molar-refractivity contribution is -0.143. The van der Waals surface area contributed by atoms with Crippen molar-refractivity contribution in [2.24, 2.45) is 4.99 Å². The highest BCUT2D eigenvalue weighted by Crippen LogP contribution is 2.36. The van der Waals surface area contributed by atoms with E-state index in [9.17, 15) is 14.4 Å². The van der Waals surface area contributed by atoms with Crippen LogP contribution in [0.15, 0.2) is 82.2 Å². The van der Waals surface area contributed by atoms with Crippen LogP contribution in [0, 0.1) is 0 Å². The quantitative estimate of drug-likeness (QED) is 0.362. The lowest BCUT2D eigenvalue weighted by Gasteiger charge is -2.25. The van der Waals surface area contributed by atoms with Crippen molar-refractivity contribution >= 4 is 34.5 Å². The summed E-state index contributed by atoms with van der Waals surface area (Å²) >= 11 is 1.14. The molecule has 0 fully saturated rings. The van der Waals surface area contributed by atoms with Crippen molar-refractivity contribution in [2.45, 2.75) is 32.9 Å². The van der Waals surface area contributed by atoms with Gasteiger partial charge < -0.3 is 14.4 Å². The number of thiazole rings is 1. The Morgan fingerprint density at radius 2 is 1.95 bits per heavy atom. The molecule has 38 heavy (non-hydrogen) atoms. The number of anilines is 1. The first-order valence-corrected chi connectivity index (χ1v) is 13.0. The van der Waals surface area contributed by atoms with Crippen molar-refractivity contribution in [3.8, 4) is 5.75 Å². The van der Waals surface area contributed by atoms with Crippen LogP contribution in [0.4, 0.5) is 5.69 Å². The van der Waals surface area contributed by atoms with E-state index in [4.69, 9.17) is 9.47 Å². The second-order valence-corrected chi connectivity index (χ2v) is 10.2. The van der Waals surface area contributed by atoms with Gasteiger partial charge in [-0.25, -0.2) is 9.79 Å². The third kappa shape index (κ3) is 4.09. The van der Waals surface area contributed by atoms with Crippen molar-refractivity contribution < 1.29 is 19.1 Å². The number of para-hydroxylation sites is 1. The van der Waals surface area contributed by atoms with Crippen molar-refractivity contribution in [2.75, 3.05) is 18.6 Å². The number of nitrogens with zero attached hydrogens (tertiary/aromatic N) is 3. The number of hydrogen-bond acceptors (Lipinski definition) is 7. The number of aromatic nitrogens is 1. The van der Waals surface area contributed by atoms with E-state index in [1.54, 1.807) is 57.1 Å². The molecule has 8 nitrogen and oxygen atoms in total. The van der Waals surface area contributed by atoms with Crippen molar-refractivity contribution in [3.63, 3.8) is 0 Å². The molecular weight excluding hydrogens is 502 g/mol. The third-order valence-electron chi connectivity index (χ3n) is 6.43. The van der Waals surface area contributed by atoms with Gasteiger partial charge in [0, 0.05) is 12.1 Å². The number of rotatable bonds is 6. The van der Waals surface area contributed by atoms with Gasteiger partial charge in [0.05, 0.1) is 41.8 Å². The minimum atomic E-state index is -0.807. The number of fused-ring (bicyclic) bond motifs is 2. The molecular formula is C29H27N3O5S. The van der Waals surface area contributed by atoms with Gasteiger partial charge >= 0.3 is 5.97 Å². The van der Waals surface area contributed by atoms with Gasteiger partial charge in [0.15, 0.2) is 4.80 Å². The summed E-state index contributed by atoms with van der Waals surface area (Å²) < 4.78 is 12.7. The fraction of sp³-hybridized carbons (Fsp3) is 0.241. The van der Waals surface area contributed by atoms with E-state index >= 15 is 0 Å². The van der Waals surface area contributed by atoms with E-state index in [-0.39, 0.29) is 22.1 Å². The van der Waals surface area contributed by atoms with Crippen LogP contribution in [0.5, 0.6) is 5.75 Å². The van der Waals surface area contributed by atoms with Gasteiger partial charge in [-0.1, -0.05) is 47.7 Å². The van der Waals surface area contributed by atoms with Gasteiger partial charge in [-0.05, 0) is 44.5 Å². The predicted molar refractivity (Wildman–Crippen MR) is 146 cm³/mol. The molecule has 5 rings (SSSR count). The van der Waals surface area contributed by atoms with Crippen LogP contribution >= 0.6 is 11.3 Å². The number of ether oxygens (including phenoxy) is 2. The molecule has 1 amide bonds. The SMILES string of the molecule is C=CCN1C(=O)/C(=c2\sc3n(c2=O)[C@H](c2cccc(OC)c2)C(C(=O)OC(C)C)=C(C)N=3)c2ccccc21. The van der Waals surface area contributed by atoms with Gasteiger partial charge in [0.25, 0.3) is 11.5 Å². The molecule has 194 valence electrons. The molecule has 0 saturated carbocycles. The number of carbonyl (C=O) groups is 2. The lowest BCUT2D eigenvalue weighted by Crippen LogP contribution is -2.41. The molecule has 3 heterocycles. The van der Waals surface area contributed by atoms with E-state index in [1.165, 1.54) is 4.57 Å². The maximum Gasteiger partial charge on any atom is 0.338 e. The fourth-order valence-electron chi connectivity index (χ4n) is 4.85. The maximum absolute atomic E-state index is 14.2. The number of benzene rings is 2. The smallest absolute Gasteiger partial charge is 0.338 e. The Kier molecular flexibility index (Phi) is 6.62. The zero-order valence-electron chi connectivity index (χ0n) is 21.6. The predicted octanol–water partition coefficient (Wildman–Crippen LogP) is 3.10. The molecule has 1 aromatic heterocycles. The van der Waals surface area contributed by atoms with E-state index in [1.807, 2.05) is 30.3 Å². The fourth-order valence-corrected chi connectivity index (χ4v) is 5.98. The molecule has 2 aromatic carbocycles. The highest BCUT2D eigenvalue weighted by molar-refractivity contribution is 7.07. The monoisotopic (exact) mass is 529 g/mol. The summed E-state index contributed by atoms with van der Waals surface area (Å²) in [5.74, 6) is -0.241. The first-order chi connectivity index (χ1) is 18.3. The van der Waals surface area contributed by atoms with Gasteiger partial charge in [0.2, 0.25) is 0 Å². The molecule has 0 radical (unpaired) electrons. The number of amides is 1. The van der Waals surface area contributed by atoms with E-state index < -0.39 is 17.6 Å². The van der Waals surface area contributed by atoms with E-state index in [2.05, 4.69) is 11.6 Å². The summed E-state index contributed by atoms with van der Waals surface area (Å²) in [6, 6.07) is 13.8. The topological polar surface area (TPSA) is 90.2 Å². The molecule has 0 saturated heterocycles. The van der Waals surface area contributed by atoms with Crippen molar-refractivity contribution in [1.29, 1.82) is 0 Å². The van der Waals surface area contributed by atoms with Gasteiger partial charge in [0.1, 0.15) is 10.3 Å². The van der Waals surface area contributed by atoms with Gasteiger partial charge in [-0.3, -0.25) is 14.2 Å². The van der Waals surface area contributed by atoms with Crippen LogP contribution in [-0.2, 0) is 14.3 Å². The molecule has 9 heteroatoms. The van der Waals surface area contributed by atoms with Crippen molar-refractivity contribution in [1.82, 2.24) is 4.57 Å². The first-order valence-electron chi connectivity index (χ1n) is 12.2. The van der Waals surface area contributed by atoms with Crippen LogP contribution in [0.25, 0.3) is 5.57 Å². The van der Waals surface area contributed by atoms with Gasteiger partial charge in [-0.15, -0.1) is 6.58 Å². The second kappa shape index (κ2) is 9.90. The lowest BCUT2D eigenvalue weighted by atomic mass is 9.95. The molecule has 1 atom stereocenters. The number of hydrogen-bond donors (Lipinski definition) is 0. The van der Waals surface area contributed by atoms with Crippen LogP contribution in [0.3, 0.4) is 0 Å². The average Bonchev–Trinajstić information content (AvgIpc) is 3.35. The number of allylic oxidation sites excluding steroid dienone is 1. The highest BCUT2D eigenvalue weighted by atomic mass is 32.1. The molecule has 0 N–H and O–H groups in total. The largest absolute Gasteiger partial charge is 0.497 e. The second-order valence-electron chi connectivity index (χ2n) is 9.23. The molecule has 2 aliphatic heterocycles. The maximum atomic E-state index is 14.2. The summed E-state index contributed by atoms with van der Waals surface area (Å²) in [6.07, 6.45) is 1.29. The Balaban J connectivity index is 1.81. The van der Waals surface area contributed by atoms with Gasteiger partial charge in [-0.2, -0.15) is 0 Å². The Hall–Kier alpha value is -4.24. The zero-order chi connectivity index (χ0) is 27.1. The summed E-state index contributed by atoms with van der Waals surface area (Å²) in [5.41, 5.74) is 2.71.